The van der Waals surface area contributed by atoms with Gasteiger partial charge in [-0.2, -0.15) is 0 Å². The Morgan fingerprint density at radius 1 is 1.21 bits per heavy atom. The maximum atomic E-state index is 10.3. The zero-order chi connectivity index (χ0) is 21.1. The van der Waals surface area contributed by atoms with E-state index in [4.69, 9.17) is 9.47 Å². The molecule has 162 valence electrons. The van der Waals surface area contributed by atoms with Crippen molar-refractivity contribution in [3.63, 3.8) is 0 Å². The Balaban J connectivity index is 1.61. The zero-order valence-electron chi connectivity index (χ0n) is 18.8. The van der Waals surface area contributed by atoms with E-state index in [9.17, 15) is 10.2 Å². The molecule has 0 bridgehead atoms. The normalized spacial score (nSPS) is 48.6. The van der Waals surface area contributed by atoms with Crippen molar-refractivity contribution in [3.05, 3.63) is 35.5 Å². The minimum atomic E-state index is -0.610. The van der Waals surface area contributed by atoms with Gasteiger partial charge in [-0.05, 0) is 70.8 Å². The summed E-state index contributed by atoms with van der Waals surface area (Å²) in [6, 6.07) is 0. The molecule has 4 heteroatoms. The van der Waals surface area contributed by atoms with Crippen LogP contribution in [0.4, 0.5) is 0 Å². The summed E-state index contributed by atoms with van der Waals surface area (Å²) in [5.74, 6) is 1.77. The third-order valence-electron chi connectivity index (χ3n) is 8.42. The number of allylic oxidation sites excluding steroid dienone is 4. The van der Waals surface area contributed by atoms with Crippen LogP contribution in [0, 0.1) is 29.6 Å². The van der Waals surface area contributed by atoms with Gasteiger partial charge >= 0.3 is 0 Å². The van der Waals surface area contributed by atoms with Gasteiger partial charge in [-0.3, -0.25) is 0 Å². The average molecular weight is 403 g/mol. The van der Waals surface area contributed by atoms with E-state index in [0.29, 0.717) is 35.9 Å². The molecule has 2 N–H and O–H groups in total. The first-order valence-corrected chi connectivity index (χ1v) is 11.3. The predicted octanol–water partition coefficient (Wildman–Crippen LogP) is 4.03. The smallest absolute Gasteiger partial charge is 0.0993 e. The molecule has 2 saturated heterocycles. The largest absolute Gasteiger partial charge is 0.396 e. The molecule has 10 atom stereocenters. The van der Waals surface area contributed by atoms with Gasteiger partial charge in [0.2, 0.25) is 0 Å². The quantitative estimate of drug-likeness (QED) is 0.400. The highest BCUT2D eigenvalue weighted by atomic mass is 16.6. The summed E-state index contributed by atoms with van der Waals surface area (Å²) in [4.78, 5) is 0. The summed E-state index contributed by atoms with van der Waals surface area (Å²) in [5.41, 5.74) is 2.30. The van der Waals surface area contributed by atoms with Crippen LogP contribution in [0.15, 0.2) is 35.5 Å². The first-order chi connectivity index (χ1) is 13.7. The first kappa shape index (κ1) is 21.3. The molecule has 4 nitrogen and oxygen atoms in total. The maximum absolute atomic E-state index is 10.3. The number of aliphatic hydroxyl groups excluding tert-OH is 2. The van der Waals surface area contributed by atoms with Crippen LogP contribution >= 0.6 is 0 Å². The number of hydrogen-bond acceptors (Lipinski definition) is 4. The van der Waals surface area contributed by atoms with Crippen molar-refractivity contribution >= 4 is 0 Å². The summed E-state index contributed by atoms with van der Waals surface area (Å²) in [7, 11) is 0. The molecule has 0 aromatic rings. The topological polar surface area (TPSA) is 65.5 Å². The molecular formula is C25H38O4. The highest BCUT2D eigenvalue weighted by molar-refractivity contribution is 5.30. The molecule has 2 aliphatic carbocycles. The van der Waals surface area contributed by atoms with Crippen LogP contribution in [0.25, 0.3) is 0 Å². The van der Waals surface area contributed by atoms with Crippen LogP contribution in [0.5, 0.6) is 0 Å². The number of ether oxygens (including phenoxy) is 2. The second-order valence-corrected chi connectivity index (χ2v) is 10.4. The van der Waals surface area contributed by atoms with Crippen molar-refractivity contribution in [2.24, 2.45) is 29.6 Å². The molecule has 29 heavy (non-hydrogen) atoms. The number of fused-ring (bicyclic) bond motifs is 4. The molecule has 10 unspecified atom stereocenters. The van der Waals surface area contributed by atoms with Gasteiger partial charge < -0.3 is 19.7 Å². The molecule has 0 spiro atoms. The third-order valence-corrected chi connectivity index (χ3v) is 8.42. The number of aliphatic hydroxyl groups is 2. The second-order valence-electron chi connectivity index (χ2n) is 10.4. The number of rotatable bonds is 6. The van der Waals surface area contributed by atoms with E-state index in [1.807, 2.05) is 19.9 Å². The van der Waals surface area contributed by atoms with E-state index < -0.39 is 6.10 Å². The summed E-state index contributed by atoms with van der Waals surface area (Å²) in [5, 5.41) is 19.6. The molecule has 4 fully saturated rings. The maximum Gasteiger partial charge on any atom is 0.0993 e. The van der Waals surface area contributed by atoms with Crippen LogP contribution < -0.4 is 0 Å². The van der Waals surface area contributed by atoms with Gasteiger partial charge in [0.25, 0.3) is 0 Å². The fourth-order valence-corrected chi connectivity index (χ4v) is 6.39. The number of hydrogen-bond donors (Lipinski definition) is 2. The lowest BCUT2D eigenvalue weighted by Crippen LogP contribution is -2.48. The summed E-state index contributed by atoms with van der Waals surface area (Å²) in [6.07, 6.45) is 11.1. The van der Waals surface area contributed by atoms with Gasteiger partial charge in [-0.25, -0.2) is 0 Å². The predicted molar refractivity (Wildman–Crippen MR) is 114 cm³/mol. The minimum Gasteiger partial charge on any atom is -0.396 e. The Labute approximate surface area is 175 Å². The SMILES string of the molecule is CC=C(C)C1C(C=CC=C(C)C(O)C(C)CO)C2CC3OC3(C)CC2C2OC21C. The van der Waals surface area contributed by atoms with E-state index in [-0.39, 0.29) is 23.7 Å². The fourth-order valence-electron chi connectivity index (χ4n) is 6.39. The lowest BCUT2D eigenvalue weighted by atomic mass is 9.55. The van der Waals surface area contributed by atoms with Crippen LogP contribution in [0.2, 0.25) is 0 Å². The molecule has 4 rings (SSSR count). The molecular weight excluding hydrogens is 364 g/mol. The van der Waals surface area contributed by atoms with Crippen molar-refractivity contribution < 1.29 is 19.7 Å². The lowest BCUT2D eigenvalue weighted by molar-refractivity contribution is 0.0997. The van der Waals surface area contributed by atoms with Crippen molar-refractivity contribution in [1.82, 2.24) is 0 Å². The van der Waals surface area contributed by atoms with Crippen molar-refractivity contribution in [2.75, 3.05) is 6.61 Å². The Morgan fingerprint density at radius 2 is 1.93 bits per heavy atom. The van der Waals surface area contributed by atoms with Crippen LogP contribution in [0.1, 0.15) is 54.4 Å². The van der Waals surface area contributed by atoms with Crippen LogP contribution in [0.3, 0.4) is 0 Å². The zero-order valence-corrected chi connectivity index (χ0v) is 18.8. The lowest BCUT2D eigenvalue weighted by Gasteiger charge is -2.45. The summed E-state index contributed by atoms with van der Waals surface area (Å²) in [6.45, 7) is 12.7. The van der Waals surface area contributed by atoms with Gasteiger partial charge in [0.05, 0.1) is 29.5 Å². The van der Waals surface area contributed by atoms with Crippen LogP contribution in [-0.2, 0) is 9.47 Å². The molecule has 2 aliphatic heterocycles. The second kappa shape index (κ2) is 7.33. The molecule has 0 aromatic carbocycles. The summed E-state index contributed by atoms with van der Waals surface area (Å²) >= 11 is 0. The van der Waals surface area contributed by atoms with Crippen molar-refractivity contribution in [1.29, 1.82) is 0 Å². The van der Waals surface area contributed by atoms with Crippen LogP contribution in [-0.4, -0.2) is 46.3 Å². The highest BCUT2D eigenvalue weighted by Crippen LogP contribution is 2.67. The minimum absolute atomic E-state index is 0.0117. The average Bonchev–Trinajstić information content (AvgIpc) is 3.57. The van der Waals surface area contributed by atoms with E-state index in [1.54, 1.807) is 0 Å². The Hall–Kier alpha value is -0.940. The van der Waals surface area contributed by atoms with E-state index in [1.165, 1.54) is 5.57 Å². The van der Waals surface area contributed by atoms with Gasteiger partial charge in [0.1, 0.15) is 0 Å². The summed E-state index contributed by atoms with van der Waals surface area (Å²) < 4.78 is 12.5. The Bertz CT molecular complexity index is 739. The highest BCUT2D eigenvalue weighted by Gasteiger charge is 2.72. The van der Waals surface area contributed by atoms with Crippen molar-refractivity contribution in [2.45, 2.75) is 83.9 Å². The van der Waals surface area contributed by atoms with E-state index in [2.05, 4.69) is 45.9 Å². The molecule has 0 aromatic heterocycles. The molecule has 4 aliphatic rings. The molecule has 0 radical (unpaired) electrons. The Kier molecular flexibility index (Phi) is 5.39. The first-order valence-electron chi connectivity index (χ1n) is 11.3. The fraction of sp³-hybridized carbons (Fsp3) is 0.760. The van der Waals surface area contributed by atoms with E-state index >= 15 is 0 Å². The van der Waals surface area contributed by atoms with Gasteiger partial charge in [0, 0.05) is 18.4 Å². The van der Waals surface area contributed by atoms with E-state index in [0.717, 1.165) is 18.4 Å². The molecule has 2 heterocycles. The van der Waals surface area contributed by atoms with Crippen molar-refractivity contribution in [3.8, 4) is 0 Å². The number of epoxide rings is 2. The van der Waals surface area contributed by atoms with Gasteiger partial charge in [0.15, 0.2) is 0 Å². The standard InChI is InChI=1S/C25H38O4/c1-7-14(2)21-17(10-8-9-15(3)22(27)16(4)13-26)18-11-20-24(5,28-20)12-19(18)23-25(21,6)29-23/h7-10,16-23,26-27H,11-13H2,1-6H3. The monoisotopic (exact) mass is 402 g/mol. The Morgan fingerprint density at radius 3 is 2.59 bits per heavy atom. The molecule has 0 amide bonds. The molecule has 2 saturated carbocycles. The third kappa shape index (κ3) is 3.46. The van der Waals surface area contributed by atoms with Gasteiger partial charge in [-0.15, -0.1) is 0 Å². The van der Waals surface area contributed by atoms with Gasteiger partial charge in [-0.1, -0.05) is 36.8 Å².